The van der Waals surface area contributed by atoms with Gasteiger partial charge in [0.05, 0.1) is 0 Å². The summed E-state index contributed by atoms with van der Waals surface area (Å²) in [7, 11) is 0. The van der Waals surface area contributed by atoms with Crippen LogP contribution in [0.15, 0.2) is 18.2 Å². The average molecular weight is 191 g/mol. The van der Waals surface area contributed by atoms with Crippen LogP contribution in [0.2, 0.25) is 0 Å². The smallest absolute Gasteiger partial charge is 0.123 e. The Hall–Kier alpha value is -1.02. The Balaban J connectivity index is 2.12. The van der Waals surface area contributed by atoms with Gasteiger partial charge in [-0.25, -0.2) is 0 Å². The van der Waals surface area contributed by atoms with Crippen molar-refractivity contribution >= 4 is 0 Å². The Morgan fingerprint density at radius 3 is 3.14 bits per heavy atom. The maximum atomic E-state index is 5.64. The molecular formula is C12H17NO. The Bertz CT molecular complexity index is 322. The lowest BCUT2D eigenvalue weighted by atomic mass is 10.0. The van der Waals surface area contributed by atoms with Crippen molar-refractivity contribution < 1.29 is 4.74 Å². The van der Waals surface area contributed by atoms with Crippen molar-refractivity contribution in [1.82, 2.24) is 0 Å². The molecule has 0 spiro atoms. The van der Waals surface area contributed by atoms with Crippen molar-refractivity contribution in [1.29, 1.82) is 0 Å². The highest BCUT2D eigenvalue weighted by molar-refractivity contribution is 5.40. The van der Waals surface area contributed by atoms with Crippen LogP contribution in [0, 0.1) is 0 Å². The first-order chi connectivity index (χ1) is 6.79. The molecule has 1 atom stereocenters. The molecule has 1 aromatic rings. The number of fused-ring (bicyclic) bond motifs is 1. The number of hydrogen-bond acceptors (Lipinski definition) is 2. The van der Waals surface area contributed by atoms with Gasteiger partial charge < -0.3 is 10.5 Å². The van der Waals surface area contributed by atoms with Gasteiger partial charge in [-0.05, 0) is 43.5 Å². The maximum Gasteiger partial charge on any atom is 0.123 e. The maximum absolute atomic E-state index is 5.64. The van der Waals surface area contributed by atoms with Crippen LogP contribution in [-0.2, 0) is 12.8 Å². The van der Waals surface area contributed by atoms with Crippen LogP contribution >= 0.6 is 0 Å². The number of nitrogens with two attached hydrogens (primary N) is 1. The Morgan fingerprint density at radius 2 is 2.36 bits per heavy atom. The van der Waals surface area contributed by atoms with Crippen LogP contribution in [0.5, 0.6) is 5.75 Å². The first kappa shape index (κ1) is 9.53. The normalized spacial score (nSPS) is 19.1. The number of aryl methyl sites for hydroxylation is 1. The molecule has 1 aliphatic rings. The lowest BCUT2D eigenvalue weighted by Gasteiger charge is -2.03. The summed E-state index contributed by atoms with van der Waals surface area (Å²) in [6.45, 7) is 2.88. The van der Waals surface area contributed by atoms with E-state index in [1.54, 1.807) is 0 Å². The average Bonchev–Trinajstić information content (AvgIpc) is 2.54. The van der Waals surface area contributed by atoms with Gasteiger partial charge in [-0.3, -0.25) is 0 Å². The van der Waals surface area contributed by atoms with E-state index in [1.165, 1.54) is 11.1 Å². The number of rotatable bonds is 3. The monoisotopic (exact) mass is 191 g/mol. The zero-order valence-electron chi connectivity index (χ0n) is 8.62. The van der Waals surface area contributed by atoms with Gasteiger partial charge in [-0.2, -0.15) is 0 Å². The van der Waals surface area contributed by atoms with Crippen molar-refractivity contribution in [2.45, 2.75) is 32.3 Å². The van der Waals surface area contributed by atoms with Crippen molar-refractivity contribution in [2.24, 2.45) is 5.73 Å². The van der Waals surface area contributed by atoms with E-state index in [0.29, 0.717) is 6.10 Å². The van der Waals surface area contributed by atoms with Gasteiger partial charge in [0.1, 0.15) is 11.9 Å². The topological polar surface area (TPSA) is 35.2 Å². The Morgan fingerprint density at radius 1 is 1.50 bits per heavy atom. The minimum atomic E-state index is 0.342. The summed E-state index contributed by atoms with van der Waals surface area (Å²) in [4.78, 5) is 0. The Labute approximate surface area is 85.1 Å². The molecule has 0 saturated carbocycles. The fourth-order valence-electron chi connectivity index (χ4n) is 1.94. The van der Waals surface area contributed by atoms with Crippen LogP contribution in [0.1, 0.15) is 24.5 Å². The predicted octanol–water partition coefficient (Wildman–Crippen LogP) is 1.90. The summed E-state index contributed by atoms with van der Waals surface area (Å²) in [6, 6.07) is 6.49. The lowest BCUT2D eigenvalue weighted by Crippen LogP contribution is -2.05. The van der Waals surface area contributed by atoms with E-state index in [4.69, 9.17) is 10.5 Å². The van der Waals surface area contributed by atoms with E-state index in [1.807, 2.05) is 0 Å². The minimum Gasteiger partial charge on any atom is -0.490 e. The first-order valence-electron chi connectivity index (χ1n) is 5.28. The molecule has 2 rings (SSSR count). The molecule has 0 radical (unpaired) electrons. The van der Waals surface area contributed by atoms with Crippen LogP contribution in [0.3, 0.4) is 0 Å². The van der Waals surface area contributed by atoms with Gasteiger partial charge in [0.2, 0.25) is 0 Å². The van der Waals surface area contributed by atoms with E-state index in [-0.39, 0.29) is 0 Å². The third-order valence-electron chi connectivity index (χ3n) is 2.63. The number of ether oxygens (including phenoxy) is 1. The first-order valence-corrected chi connectivity index (χ1v) is 5.28. The molecule has 76 valence electrons. The molecule has 0 aliphatic carbocycles. The molecule has 1 unspecified atom stereocenters. The third kappa shape index (κ3) is 1.90. The van der Waals surface area contributed by atoms with E-state index in [0.717, 1.165) is 31.6 Å². The highest BCUT2D eigenvalue weighted by Crippen LogP contribution is 2.29. The predicted molar refractivity (Wildman–Crippen MR) is 57.6 cm³/mol. The van der Waals surface area contributed by atoms with Crippen molar-refractivity contribution in [3.05, 3.63) is 29.3 Å². The zero-order valence-corrected chi connectivity index (χ0v) is 8.62. The molecule has 14 heavy (non-hydrogen) atoms. The Kier molecular flexibility index (Phi) is 2.73. The molecule has 0 bridgehead atoms. The third-order valence-corrected chi connectivity index (χ3v) is 2.63. The summed E-state index contributed by atoms with van der Waals surface area (Å²) in [5.41, 5.74) is 8.22. The van der Waals surface area contributed by atoms with E-state index in [2.05, 4.69) is 25.1 Å². The van der Waals surface area contributed by atoms with Crippen molar-refractivity contribution in [2.75, 3.05) is 6.54 Å². The minimum absolute atomic E-state index is 0.342. The van der Waals surface area contributed by atoms with Crippen LogP contribution < -0.4 is 10.5 Å². The summed E-state index contributed by atoms with van der Waals surface area (Å²) in [5.74, 6) is 1.06. The molecule has 2 heteroatoms. The number of hydrogen-bond donors (Lipinski definition) is 1. The van der Waals surface area contributed by atoms with E-state index in [9.17, 15) is 0 Å². The lowest BCUT2D eigenvalue weighted by molar-refractivity contribution is 0.254. The highest BCUT2D eigenvalue weighted by atomic mass is 16.5. The quantitative estimate of drug-likeness (QED) is 0.792. The summed E-state index contributed by atoms with van der Waals surface area (Å²) in [6.07, 6.45) is 3.54. The van der Waals surface area contributed by atoms with Crippen LogP contribution in [0.25, 0.3) is 0 Å². The fraction of sp³-hybridized carbons (Fsp3) is 0.500. The second-order valence-electron chi connectivity index (χ2n) is 3.97. The highest BCUT2D eigenvalue weighted by Gasteiger charge is 2.18. The molecular weight excluding hydrogens is 174 g/mol. The van der Waals surface area contributed by atoms with Crippen LogP contribution in [0.4, 0.5) is 0 Å². The molecule has 0 amide bonds. The number of benzene rings is 1. The van der Waals surface area contributed by atoms with Gasteiger partial charge in [-0.1, -0.05) is 12.1 Å². The molecule has 2 nitrogen and oxygen atoms in total. The zero-order chi connectivity index (χ0) is 9.97. The molecule has 0 saturated heterocycles. The van der Waals surface area contributed by atoms with E-state index >= 15 is 0 Å². The second-order valence-corrected chi connectivity index (χ2v) is 3.97. The molecule has 1 heterocycles. The molecule has 1 aliphatic heterocycles. The summed E-state index contributed by atoms with van der Waals surface area (Å²) in [5, 5.41) is 0. The van der Waals surface area contributed by atoms with E-state index < -0.39 is 0 Å². The van der Waals surface area contributed by atoms with Gasteiger partial charge in [0, 0.05) is 6.42 Å². The van der Waals surface area contributed by atoms with Crippen molar-refractivity contribution in [3.63, 3.8) is 0 Å². The van der Waals surface area contributed by atoms with Gasteiger partial charge >= 0.3 is 0 Å². The standard InChI is InChI=1S/C12H17NO/c1-9-7-11-8-10(3-2-6-13)4-5-12(11)14-9/h4-5,8-9H,2-3,6-7,13H2,1H3. The molecule has 1 aromatic carbocycles. The summed E-state index contributed by atoms with van der Waals surface area (Å²) < 4.78 is 5.64. The van der Waals surface area contributed by atoms with Gasteiger partial charge in [0.25, 0.3) is 0 Å². The fourth-order valence-corrected chi connectivity index (χ4v) is 1.94. The summed E-state index contributed by atoms with van der Waals surface area (Å²) >= 11 is 0. The van der Waals surface area contributed by atoms with Crippen molar-refractivity contribution in [3.8, 4) is 5.75 Å². The SMILES string of the molecule is CC1Cc2cc(CCCN)ccc2O1. The van der Waals surface area contributed by atoms with Crippen LogP contribution in [-0.4, -0.2) is 12.6 Å². The van der Waals surface area contributed by atoms with Gasteiger partial charge in [-0.15, -0.1) is 0 Å². The molecule has 2 N–H and O–H groups in total. The van der Waals surface area contributed by atoms with Gasteiger partial charge in [0.15, 0.2) is 0 Å². The largest absolute Gasteiger partial charge is 0.490 e. The molecule has 0 fully saturated rings. The second kappa shape index (κ2) is 4.01. The molecule has 0 aromatic heterocycles.